The van der Waals surface area contributed by atoms with Gasteiger partial charge in [0.2, 0.25) is 0 Å². The molecule has 0 amide bonds. The molecule has 6 atom stereocenters. The average Bonchev–Trinajstić information content (AvgIpc) is 3.29. The Morgan fingerprint density at radius 1 is 1.07 bits per heavy atom. The molecule has 1 saturated heterocycles. The Morgan fingerprint density at radius 2 is 1.81 bits per heavy atom. The molecule has 1 aromatic carbocycles. The Morgan fingerprint density at radius 3 is 2.45 bits per heavy atom. The second-order valence-corrected chi connectivity index (χ2v) is 24.7. The van der Waals surface area contributed by atoms with Crippen LogP contribution in [0.15, 0.2) is 42.0 Å². The van der Waals surface area contributed by atoms with Crippen molar-refractivity contribution >= 4 is 27.5 Å². The molecule has 4 rings (SSSR count). The van der Waals surface area contributed by atoms with Crippen molar-refractivity contribution in [3.8, 4) is 0 Å². The molecule has 0 radical (unpaired) electrons. The second kappa shape index (κ2) is 14.2. The highest BCUT2D eigenvalue weighted by Gasteiger charge is 2.52. The van der Waals surface area contributed by atoms with Gasteiger partial charge in [0, 0.05) is 25.6 Å². The summed E-state index contributed by atoms with van der Waals surface area (Å²) in [5.74, 6) is 1.49. The summed E-state index contributed by atoms with van der Waals surface area (Å²) in [5, 5.41) is 1.72. The SMILES string of the molecule is COC(=O)CCC/C=C1\C[C@@H]2CC(OC3CCCCO3)C(CO[Si](C)(C)C(C)(C)C)[C@@H]2CC1[Si](C)(C)c1ccccc1. The van der Waals surface area contributed by atoms with Crippen LogP contribution in [-0.2, 0) is 23.4 Å². The fourth-order valence-electron chi connectivity index (χ4n) is 7.35. The molecule has 4 unspecified atom stereocenters. The van der Waals surface area contributed by atoms with Crippen LogP contribution in [-0.4, -0.2) is 55.1 Å². The number of unbranched alkanes of at least 4 members (excludes halogenated alkanes) is 1. The van der Waals surface area contributed by atoms with Crippen LogP contribution in [0.2, 0.25) is 36.8 Å². The largest absolute Gasteiger partial charge is 0.469 e. The molecule has 5 nitrogen and oxygen atoms in total. The summed E-state index contributed by atoms with van der Waals surface area (Å²) < 4.78 is 24.8. The first-order valence-electron chi connectivity index (χ1n) is 16.6. The standard InChI is InChI=1S/C35H58O5Si2/c1-35(2,3)42(7,8)39-25-30-29-24-32(41(5,6)28-17-10-9-11-18-28)26(16-12-13-19-33(36)37-4)22-27(29)23-31(30)40-34-20-14-15-21-38-34/h9-11,16-18,27,29-32,34H,12-15,19-25H2,1-8H3/b26-16+/t27-,29-,30?,31?,32?,34?/m1/s1. The van der Waals surface area contributed by atoms with Crippen LogP contribution in [0.3, 0.4) is 0 Å². The number of methoxy groups -OCH3 is 1. The Hall–Kier alpha value is -1.26. The fraction of sp³-hybridized carbons (Fsp3) is 0.743. The smallest absolute Gasteiger partial charge is 0.305 e. The van der Waals surface area contributed by atoms with Gasteiger partial charge in [0.25, 0.3) is 0 Å². The van der Waals surface area contributed by atoms with Gasteiger partial charge in [-0.25, -0.2) is 0 Å². The van der Waals surface area contributed by atoms with Crippen LogP contribution in [0, 0.1) is 17.8 Å². The lowest BCUT2D eigenvalue weighted by atomic mass is 9.75. The first-order chi connectivity index (χ1) is 19.8. The van der Waals surface area contributed by atoms with Crippen LogP contribution in [0.4, 0.5) is 0 Å². The zero-order chi connectivity index (χ0) is 30.5. The number of hydrogen-bond acceptors (Lipinski definition) is 5. The normalized spacial score (nSPS) is 29.9. The number of allylic oxidation sites excluding steroid dienone is 2. The molecule has 236 valence electrons. The number of rotatable bonds is 11. The molecule has 1 aliphatic heterocycles. The molecule has 0 bridgehead atoms. The number of ether oxygens (including phenoxy) is 3. The Labute approximate surface area is 258 Å². The van der Waals surface area contributed by atoms with Gasteiger partial charge in [-0.05, 0) is 86.9 Å². The summed E-state index contributed by atoms with van der Waals surface area (Å²) >= 11 is 0. The maximum Gasteiger partial charge on any atom is 0.305 e. The van der Waals surface area contributed by atoms with Crippen molar-refractivity contribution < 1.29 is 23.4 Å². The second-order valence-electron chi connectivity index (χ2n) is 15.2. The molecule has 1 aromatic rings. The van der Waals surface area contributed by atoms with Gasteiger partial charge in [0.1, 0.15) is 0 Å². The van der Waals surface area contributed by atoms with E-state index in [0.717, 1.165) is 51.7 Å². The molecule has 2 aliphatic carbocycles. The minimum Gasteiger partial charge on any atom is -0.469 e. The summed E-state index contributed by atoms with van der Waals surface area (Å²) in [6.07, 6.45) is 11.7. The van der Waals surface area contributed by atoms with E-state index in [1.807, 2.05) is 0 Å². The van der Waals surface area contributed by atoms with Gasteiger partial charge in [-0.1, -0.05) is 81.0 Å². The summed E-state index contributed by atoms with van der Waals surface area (Å²) in [6.45, 7) is 18.5. The maximum atomic E-state index is 11.8. The molecular weight excluding hydrogens is 557 g/mol. The number of carbonyl (C=O) groups excluding carboxylic acids is 1. The minimum atomic E-state index is -1.89. The van der Waals surface area contributed by atoms with Crippen molar-refractivity contribution in [3.05, 3.63) is 42.0 Å². The number of carbonyl (C=O) groups is 1. The van der Waals surface area contributed by atoms with Gasteiger partial charge < -0.3 is 18.6 Å². The van der Waals surface area contributed by atoms with Gasteiger partial charge in [-0.3, -0.25) is 4.79 Å². The van der Waals surface area contributed by atoms with Gasteiger partial charge in [0.05, 0.1) is 21.3 Å². The molecule has 0 spiro atoms. The predicted octanol–water partition coefficient (Wildman–Crippen LogP) is 8.22. The van der Waals surface area contributed by atoms with Crippen molar-refractivity contribution in [2.45, 2.75) is 128 Å². The Kier molecular flexibility index (Phi) is 11.4. The number of benzene rings is 1. The Balaban J connectivity index is 1.61. The molecule has 0 aromatic heterocycles. The third-order valence-electron chi connectivity index (χ3n) is 11.1. The summed E-state index contributed by atoms with van der Waals surface area (Å²) in [4.78, 5) is 11.8. The fourth-order valence-corrected chi connectivity index (χ4v) is 11.9. The molecule has 3 fully saturated rings. The van der Waals surface area contributed by atoms with Crippen LogP contribution < -0.4 is 5.19 Å². The van der Waals surface area contributed by atoms with Crippen LogP contribution >= 0.6 is 0 Å². The third-order valence-corrected chi connectivity index (χ3v) is 19.8. The van der Waals surface area contributed by atoms with Gasteiger partial charge in [-0.15, -0.1) is 0 Å². The molecule has 0 N–H and O–H groups in total. The highest BCUT2D eigenvalue weighted by atomic mass is 28.4. The highest BCUT2D eigenvalue weighted by molar-refractivity contribution is 6.91. The van der Waals surface area contributed by atoms with E-state index in [1.54, 1.807) is 5.57 Å². The highest BCUT2D eigenvalue weighted by Crippen LogP contribution is 2.55. The molecular formula is C35H58O5Si2. The quantitative estimate of drug-likeness (QED) is 0.109. The number of hydrogen-bond donors (Lipinski definition) is 0. The van der Waals surface area contributed by atoms with Gasteiger partial charge in [0.15, 0.2) is 14.6 Å². The van der Waals surface area contributed by atoms with Crippen LogP contribution in [0.25, 0.3) is 0 Å². The van der Waals surface area contributed by atoms with E-state index in [2.05, 4.69) is 83.4 Å². The molecule has 2 saturated carbocycles. The molecule has 1 heterocycles. The lowest BCUT2D eigenvalue weighted by Crippen LogP contribution is -2.49. The van der Waals surface area contributed by atoms with Crippen LogP contribution in [0.5, 0.6) is 0 Å². The summed E-state index contributed by atoms with van der Waals surface area (Å²) in [6, 6.07) is 11.2. The van der Waals surface area contributed by atoms with E-state index >= 15 is 0 Å². The van der Waals surface area contributed by atoms with Crippen molar-refractivity contribution in [2.24, 2.45) is 17.8 Å². The lowest BCUT2D eigenvalue weighted by molar-refractivity contribution is -0.197. The van der Waals surface area contributed by atoms with E-state index in [9.17, 15) is 4.79 Å². The molecule has 7 heteroatoms. The van der Waals surface area contributed by atoms with E-state index in [4.69, 9.17) is 18.6 Å². The average molecular weight is 615 g/mol. The molecule has 3 aliphatic rings. The zero-order valence-electron chi connectivity index (χ0n) is 27.7. The first kappa shape index (κ1) is 33.6. The maximum absolute atomic E-state index is 11.8. The van der Waals surface area contributed by atoms with Gasteiger partial charge >= 0.3 is 5.97 Å². The predicted molar refractivity (Wildman–Crippen MR) is 177 cm³/mol. The lowest BCUT2D eigenvalue weighted by Gasteiger charge is -2.45. The topological polar surface area (TPSA) is 54.0 Å². The van der Waals surface area contributed by atoms with Crippen molar-refractivity contribution in [1.29, 1.82) is 0 Å². The van der Waals surface area contributed by atoms with Crippen molar-refractivity contribution in [2.75, 3.05) is 20.3 Å². The van der Waals surface area contributed by atoms with Crippen molar-refractivity contribution in [3.63, 3.8) is 0 Å². The zero-order valence-corrected chi connectivity index (χ0v) is 29.7. The third kappa shape index (κ3) is 8.06. The van der Waals surface area contributed by atoms with Crippen LogP contribution in [0.1, 0.15) is 78.6 Å². The van der Waals surface area contributed by atoms with E-state index < -0.39 is 16.4 Å². The van der Waals surface area contributed by atoms with Gasteiger partial charge in [-0.2, -0.15) is 0 Å². The number of esters is 1. The monoisotopic (exact) mass is 614 g/mol. The summed E-state index contributed by atoms with van der Waals surface area (Å²) in [5.41, 5.74) is 2.19. The van der Waals surface area contributed by atoms with E-state index in [-0.39, 0.29) is 23.4 Å². The van der Waals surface area contributed by atoms with E-state index in [1.165, 1.54) is 25.1 Å². The number of fused-ring (bicyclic) bond motifs is 1. The Bertz CT molecular complexity index is 1040. The molecule has 42 heavy (non-hydrogen) atoms. The first-order valence-corrected chi connectivity index (χ1v) is 22.5. The minimum absolute atomic E-state index is 0.0708. The van der Waals surface area contributed by atoms with E-state index in [0.29, 0.717) is 29.7 Å². The van der Waals surface area contributed by atoms with Crippen molar-refractivity contribution in [1.82, 2.24) is 0 Å². The summed E-state index contributed by atoms with van der Waals surface area (Å²) in [7, 11) is -2.24.